The molecule has 1 rings (SSSR count). The van der Waals surface area contributed by atoms with Crippen LogP contribution in [-0.2, 0) is 19.1 Å². The number of ketones is 1. The van der Waals surface area contributed by atoms with Gasteiger partial charge >= 0.3 is 5.97 Å². The Hall–Kier alpha value is -2.43. The van der Waals surface area contributed by atoms with Crippen LogP contribution in [0.25, 0.3) is 6.08 Å². The number of carbonyl (C=O) groups is 3. The van der Waals surface area contributed by atoms with E-state index in [1.165, 1.54) is 21.0 Å². The standard InChI is InChI=1S/C16H19NO4/c1-12(18)16(15(20)21-3,17-13(2)19)11-7-10-14-8-5-4-6-9-14/h4-10H,11H2,1-3H3,(H,17,19)/b10-7+/t16-/m1/s1. The molecular weight excluding hydrogens is 270 g/mol. The van der Waals surface area contributed by atoms with Gasteiger partial charge in [-0.1, -0.05) is 42.5 Å². The Bertz CT molecular complexity index is 551. The van der Waals surface area contributed by atoms with Gasteiger partial charge in [0.2, 0.25) is 5.91 Å². The van der Waals surface area contributed by atoms with E-state index in [9.17, 15) is 14.4 Å². The van der Waals surface area contributed by atoms with Crippen molar-refractivity contribution < 1.29 is 19.1 Å². The van der Waals surface area contributed by atoms with Crippen LogP contribution in [0.5, 0.6) is 0 Å². The monoisotopic (exact) mass is 289 g/mol. The molecule has 0 aliphatic rings. The summed E-state index contributed by atoms with van der Waals surface area (Å²) in [6.45, 7) is 2.50. The third kappa shape index (κ3) is 4.27. The highest BCUT2D eigenvalue weighted by molar-refractivity contribution is 6.10. The highest BCUT2D eigenvalue weighted by atomic mass is 16.5. The highest BCUT2D eigenvalue weighted by Gasteiger charge is 2.44. The van der Waals surface area contributed by atoms with Crippen molar-refractivity contribution in [3.05, 3.63) is 42.0 Å². The molecule has 0 fully saturated rings. The molecule has 1 aromatic carbocycles. The molecule has 1 aromatic rings. The molecule has 21 heavy (non-hydrogen) atoms. The Kier molecular flexibility index (Phi) is 5.84. The predicted molar refractivity (Wildman–Crippen MR) is 79.3 cm³/mol. The fraction of sp³-hybridized carbons (Fsp3) is 0.312. The summed E-state index contributed by atoms with van der Waals surface area (Å²) in [4.78, 5) is 35.2. The summed E-state index contributed by atoms with van der Waals surface area (Å²) in [5, 5.41) is 2.42. The molecule has 112 valence electrons. The summed E-state index contributed by atoms with van der Waals surface area (Å²) in [5.41, 5.74) is -0.742. The molecule has 0 bridgehead atoms. The van der Waals surface area contributed by atoms with E-state index < -0.39 is 23.2 Å². The lowest BCUT2D eigenvalue weighted by Gasteiger charge is -2.27. The quantitative estimate of drug-likeness (QED) is 0.639. The van der Waals surface area contributed by atoms with Crippen molar-refractivity contribution in [2.45, 2.75) is 25.8 Å². The number of hydrogen-bond donors (Lipinski definition) is 1. The summed E-state index contributed by atoms with van der Waals surface area (Å²) >= 11 is 0. The van der Waals surface area contributed by atoms with Crippen LogP contribution < -0.4 is 5.32 Å². The van der Waals surface area contributed by atoms with Gasteiger partial charge < -0.3 is 10.1 Å². The molecule has 5 heteroatoms. The van der Waals surface area contributed by atoms with Gasteiger partial charge in [0, 0.05) is 13.3 Å². The SMILES string of the molecule is COC(=O)[C@](C/C=C/c1ccccc1)(NC(C)=O)C(C)=O. The van der Waals surface area contributed by atoms with Crippen LogP contribution in [0.1, 0.15) is 25.8 Å². The Morgan fingerprint density at radius 2 is 1.81 bits per heavy atom. The van der Waals surface area contributed by atoms with Gasteiger partial charge in [0.05, 0.1) is 7.11 Å². The maximum absolute atomic E-state index is 12.0. The second kappa shape index (κ2) is 7.38. The predicted octanol–water partition coefficient (Wildman–Crippen LogP) is 1.73. The van der Waals surface area contributed by atoms with Gasteiger partial charge in [-0.2, -0.15) is 0 Å². The third-order valence-corrected chi connectivity index (χ3v) is 3.06. The van der Waals surface area contributed by atoms with Gasteiger partial charge in [0.1, 0.15) is 0 Å². The Labute approximate surface area is 124 Å². The molecule has 0 aliphatic carbocycles. The molecule has 0 spiro atoms. The van der Waals surface area contributed by atoms with E-state index in [1.807, 2.05) is 30.3 Å². The van der Waals surface area contributed by atoms with Crippen LogP contribution in [0.3, 0.4) is 0 Å². The van der Waals surface area contributed by atoms with E-state index in [0.29, 0.717) is 0 Å². The van der Waals surface area contributed by atoms with Crippen molar-refractivity contribution in [2.75, 3.05) is 7.11 Å². The number of benzene rings is 1. The molecule has 0 radical (unpaired) electrons. The number of hydrogen-bond acceptors (Lipinski definition) is 4. The minimum absolute atomic E-state index is 0.0312. The molecule has 0 heterocycles. The zero-order valence-corrected chi connectivity index (χ0v) is 12.4. The largest absolute Gasteiger partial charge is 0.467 e. The molecule has 0 aliphatic heterocycles. The molecule has 0 aromatic heterocycles. The second-order valence-electron chi connectivity index (χ2n) is 4.65. The first-order chi connectivity index (χ1) is 9.92. The lowest BCUT2D eigenvalue weighted by atomic mass is 9.90. The van der Waals surface area contributed by atoms with Crippen LogP contribution in [0, 0.1) is 0 Å². The number of ether oxygens (including phenoxy) is 1. The zero-order chi connectivity index (χ0) is 15.9. The Morgan fingerprint density at radius 3 is 2.29 bits per heavy atom. The van der Waals surface area contributed by atoms with Crippen molar-refractivity contribution in [1.29, 1.82) is 0 Å². The minimum Gasteiger partial charge on any atom is -0.467 e. The average Bonchev–Trinajstić information content (AvgIpc) is 2.45. The van der Waals surface area contributed by atoms with E-state index in [0.717, 1.165) is 5.56 Å². The fourth-order valence-electron chi connectivity index (χ4n) is 1.97. The van der Waals surface area contributed by atoms with Gasteiger partial charge in [-0.25, -0.2) is 4.79 Å². The minimum atomic E-state index is -1.67. The fourth-order valence-corrected chi connectivity index (χ4v) is 1.97. The maximum Gasteiger partial charge on any atom is 0.339 e. The normalized spacial score (nSPS) is 13.5. The van der Waals surface area contributed by atoms with Crippen LogP contribution in [-0.4, -0.2) is 30.3 Å². The van der Waals surface area contributed by atoms with Gasteiger partial charge in [-0.05, 0) is 12.5 Å². The molecule has 1 atom stereocenters. The van der Waals surface area contributed by atoms with E-state index in [2.05, 4.69) is 10.1 Å². The molecule has 0 saturated heterocycles. The third-order valence-electron chi connectivity index (χ3n) is 3.06. The number of amides is 1. The first-order valence-corrected chi connectivity index (χ1v) is 6.52. The lowest BCUT2D eigenvalue weighted by Crippen LogP contribution is -2.59. The summed E-state index contributed by atoms with van der Waals surface area (Å²) in [6.07, 6.45) is 3.48. The molecule has 0 saturated carbocycles. The summed E-state index contributed by atoms with van der Waals surface area (Å²) < 4.78 is 4.67. The van der Waals surface area contributed by atoms with Crippen LogP contribution in [0.2, 0.25) is 0 Å². The topological polar surface area (TPSA) is 72.5 Å². The molecule has 1 amide bonds. The van der Waals surface area contributed by atoms with Gasteiger partial charge in [-0.15, -0.1) is 0 Å². The Balaban J connectivity index is 3.01. The van der Waals surface area contributed by atoms with Crippen molar-refractivity contribution in [1.82, 2.24) is 5.32 Å². The van der Waals surface area contributed by atoms with Crippen molar-refractivity contribution in [2.24, 2.45) is 0 Å². The van der Waals surface area contributed by atoms with Crippen LogP contribution >= 0.6 is 0 Å². The van der Waals surface area contributed by atoms with Crippen molar-refractivity contribution >= 4 is 23.7 Å². The number of esters is 1. The van der Waals surface area contributed by atoms with Crippen molar-refractivity contribution in [3.63, 3.8) is 0 Å². The van der Waals surface area contributed by atoms with Gasteiger partial charge in [0.25, 0.3) is 0 Å². The summed E-state index contributed by atoms with van der Waals surface area (Å²) in [5.74, 6) is -1.71. The molecular formula is C16H19NO4. The first kappa shape index (κ1) is 16.6. The first-order valence-electron chi connectivity index (χ1n) is 6.52. The molecule has 0 unspecified atom stereocenters. The van der Waals surface area contributed by atoms with E-state index in [4.69, 9.17) is 0 Å². The van der Waals surface area contributed by atoms with Crippen molar-refractivity contribution in [3.8, 4) is 0 Å². The Morgan fingerprint density at radius 1 is 1.19 bits per heavy atom. The average molecular weight is 289 g/mol. The summed E-state index contributed by atoms with van der Waals surface area (Å²) in [7, 11) is 1.18. The van der Waals surface area contributed by atoms with Crippen LogP contribution in [0.4, 0.5) is 0 Å². The number of Topliss-reactive ketones (excluding diaryl/α,β-unsaturated/α-hetero) is 1. The summed E-state index contributed by atoms with van der Waals surface area (Å²) in [6, 6.07) is 9.44. The van der Waals surface area contributed by atoms with E-state index >= 15 is 0 Å². The number of rotatable bonds is 6. The number of methoxy groups -OCH3 is 1. The number of carbonyl (C=O) groups excluding carboxylic acids is 3. The van der Waals surface area contributed by atoms with E-state index in [-0.39, 0.29) is 6.42 Å². The lowest BCUT2D eigenvalue weighted by molar-refractivity contribution is -0.154. The molecule has 1 N–H and O–H groups in total. The maximum atomic E-state index is 12.0. The second-order valence-corrected chi connectivity index (χ2v) is 4.65. The molecule has 5 nitrogen and oxygen atoms in total. The van der Waals surface area contributed by atoms with Gasteiger partial charge in [-0.3, -0.25) is 9.59 Å². The smallest absolute Gasteiger partial charge is 0.339 e. The van der Waals surface area contributed by atoms with Gasteiger partial charge in [0.15, 0.2) is 11.3 Å². The van der Waals surface area contributed by atoms with E-state index in [1.54, 1.807) is 12.2 Å². The highest BCUT2D eigenvalue weighted by Crippen LogP contribution is 2.17. The number of nitrogens with one attached hydrogen (secondary N) is 1. The zero-order valence-electron chi connectivity index (χ0n) is 12.4. The van der Waals surface area contributed by atoms with Crippen LogP contribution in [0.15, 0.2) is 36.4 Å².